The lowest BCUT2D eigenvalue weighted by Gasteiger charge is -2.12. The van der Waals surface area contributed by atoms with Crippen LogP contribution in [0.3, 0.4) is 0 Å². The van der Waals surface area contributed by atoms with Gasteiger partial charge in [-0.2, -0.15) is 11.8 Å². The van der Waals surface area contributed by atoms with E-state index in [9.17, 15) is 9.18 Å². The number of nitrogens with one attached hydrogen (secondary N) is 2. The minimum Gasteiger partial charge on any atom is -0.465 e. The lowest BCUT2D eigenvalue weighted by atomic mass is 10.2. The first-order valence-electron chi connectivity index (χ1n) is 8.25. The summed E-state index contributed by atoms with van der Waals surface area (Å²) in [5.74, 6) is 0.866. The Kier molecular flexibility index (Phi) is 8.84. The van der Waals surface area contributed by atoms with E-state index in [4.69, 9.17) is 28.6 Å². The molecular weight excluding hydrogens is 407 g/mol. The van der Waals surface area contributed by atoms with Gasteiger partial charge in [0.05, 0.1) is 17.7 Å². The molecule has 0 aliphatic rings. The fraction of sp³-hybridized carbons (Fsp3) is 0.263. The van der Waals surface area contributed by atoms with E-state index in [1.807, 2.05) is 6.07 Å². The van der Waals surface area contributed by atoms with Crippen molar-refractivity contribution in [2.45, 2.75) is 12.2 Å². The summed E-state index contributed by atoms with van der Waals surface area (Å²) in [4.78, 5) is 11.7. The third-order valence-electron chi connectivity index (χ3n) is 3.60. The van der Waals surface area contributed by atoms with E-state index >= 15 is 0 Å². The zero-order valence-electron chi connectivity index (χ0n) is 14.8. The number of halogens is 2. The number of benzene rings is 2. The summed E-state index contributed by atoms with van der Waals surface area (Å²) in [6.07, 6.45) is 0.884. The highest BCUT2D eigenvalue weighted by atomic mass is 35.5. The number of hydrogen-bond acceptors (Lipinski definition) is 4. The molecule has 0 saturated carbocycles. The third kappa shape index (κ3) is 7.01. The van der Waals surface area contributed by atoms with Crippen molar-refractivity contribution in [3.05, 3.63) is 64.4 Å². The van der Waals surface area contributed by atoms with Crippen molar-refractivity contribution in [1.82, 2.24) is 5.32 Å². The van der Waals surface area contributed by atoms with Crippen molar-refractivity contribution in [3.63, 3.8) is 0 Å². The summed E-state index contributed by atoms with van der Waals surface area (Å²) in [6, 6.07) is 11.7. The molecule has 0 amide bonds. The van der Waals surface area contributed by atoms with Crippen LogP contribution in [0.1, 0.15) is 22.3 Å². The first-order valence-corrected chi connectivity index (χ1v) is 10.2. The van der Waals surface area contributed by atoms with Gasteiger partial charge in [-0.1, -0.05) is 29.8 Å². The molecule has 2 rings (SSSR count). The van der Waals surface area contributed by atoms with Crippen LogP contribution >= 0.6 is 35.6 Å². The molecule has 0 saturated heterocycles. The summed E-state index contributed by atoms with van der Waals surface area (Å²) in [7, 11) is 1.30. The molecule has 0 aliphatic heterocycles. The van der Waals surface area contributed by atoms with Crippen molar-refractivity contribution in [1.29, 1.82) is 0 Å². The van der Waals surface area contributed by atoms with E-state index < -0.39 is 5.97 Å². The second-order valence-electron chi connectivity index (χ2n) is 5.56. The highest BCUT2D eigenvalue weighted by molar-refractivity contribution is 7.98. The minimum absolute atomic E-state index is 0.164. The molecule has 0 bridgehead atoms. The lowest BCUT2D eigenvalue weighted by molar-refractivity contribution is 0.0601. The fourth-order valence-corrected chi connectivity index (χ4v) is 3.58. The molecule has 0 radical (unpaired) electrons. The van der Waals surface area contributed by atoms with Gasteiger partial charge in [-0.25, -0.2) is 9.18 Å². The molecule has 144 valence electrons. The van der Waals surface area contributed by atoms with E-state index in [1.165, 1.54) is 13.2 Å². The molecular formula is C19H20ClFN2O2S2. The van der Waals surface area contributed by atoms with Crippen LogP contribution in [-0.2, 0) is 10.5 Å². The van der Waals surface area contributed by atoms with Crippen molar-refractivity contribution >= 4 is 52.3 Å². The predicted molar refractivity (Wildman–Crippen MR) is 114 cm³/mol. The topological polar surface area (TPSA) is 50.4 Å². The molecule has 2 aromatic rings. The van der Waals surface area contributed by atoms with Crippen LogP contribution in [0.5, 0.6) is 0 Å². The summed E-state index contributed by atoms with van der Waals surface area (Å²) in [5, 5.41) is 6.88. The Morgan fingerprint density at radius 2 is 2.07 bits per heavy atom. The molecule has 27 heavy (non-hydrogen) atoms. The number of carbonyl (C=O) groups excluding carboxylic acids is 1. The number of esters is 1. The van der Waals surface area contributed by atoms with Crippen LogP contribution in [0.4, 0.5) is 10.1 Å². The number of rotatable bonds is 8. The second kappa shape index (κ2) is 11.1. The number of anilines is 1. The van der Waals surface area contributed by atoms with Gasteiger partial charge in [0, 0.05) is 18.0 Å². The van der Waals surface area contributed by atoms with Gasteiger partial charge in [0.15, 0.2) is 5.11 Å². The van der Waals surface area contributed by atoms with Crippen molar-refractivity contribution in [2.75, 3.05) is 24.7 Å². The van der Waals surface area contributed by atoms with Crippen LogP contribution in [-0.4, -0.2) is 30.5 Å². The third-order valence-corrected chi connectivity index (χ3v) is 5.26. The molecule has 0 atom stereocenters. The quantitative estimate of drug-likeness (QED) is 0.356. The van der Waals surface area contributed by atoms with Gasteiger partial charge in [0.2, 0.25) is 0 Å². The van der Waals surface area contributed by atoms with E-state index in [0.29, 0.717) is 28.1 Å². The number of methoxy groups -OCH3 is 1. The number of ether oxygens (including phenoxy) is 1. The smallest absolute Gasteiger partial charge is 0.339 e. The van der Waals surface area contributed by atoms with Gasteiger partial charge in [-0.3, -0.25) is 0 Å². The SMILES string of the molecule is COC(=O)c1cc(NC(=S)NCCCSCc2ccccc2F)ccc1Cl. The standard InChI is InChI=1S/C19H20ClFN2O2S2/c1-25-18(24)15-11-14(7-8-16(15)20)23-19(26)22-9-4-10-27-12-13-5-2-3-6-17(13)21/h2-3,5-8,11H,4,9-10,12H2,1H3,(H2,22,23,26). The van der Waals surface area contributed by atoms with Crippen LogP contribution in [0, 0.1) is 5.82 Å². The average molecular weight is 427 g/mol. The molecule has 0 unspecified atom stereocenters. The largest absolute Gasteiger partial charge is 0.465 e. The molecule has 4 nitrogen and oxygen atoms in total. The Balaban J connectivity index is 1.69. The normalized spacial score (nSPS) is 10.3. The molecule has 0 aromatic heterocycles. The van der Waals surface area contributed by atoms with Gasteiger partial charge >= 0.3 is 5.97 Å². The summed E-state index contributed by atoms with van der Waals surface area (Å²) in [5.41, 5.74) is 1.64. The summed E-state index contributed by atoms with van der Waals surface area (Å²) in [6.45, 7) is 0.688. The Hall–Kier alpha value is -1.83. The maximum absolute atomic E-state index is 13.5. The Morgan fingerprint density at radius 3 is 2.81 bits per heavy atom. The zero-order valence-corrected chi connectivity index (χ0v) is 17.1. The van der Waals surface area contributed by atoms with Crippen molar-refractivity contribution in [3.8, 4) is 0 Å². The van der Waals surface area contributed by atoms with E-state index in [2.05, 4.69) is 10.6 Å². The first kappa shape index (κ1) is 21.5. The lowest BCUT2D eigenvalue weighted by Crippen LogP contribution is -2.29. The maximum atomic E-state index is 13.5. The number of carbonyl (C=O) groups is 1. The monoisotopic (exact) mass is 426 g/mol. The molecule has 0 heterocycles. The molecule has 0 aliphatic carbocycles. The van der Waals surface area contributed by atoms with Crippen LogP contribution < -0.4 is 10.6 Å². The fourth-order valence-electron chi connectivity index (χ4n) is 2.22. The van der Waals surface area contributed by atoms with E-state index in [-0.39, 0.29) is 11.4 Å². The average Bonchev–Trinajstić information content (AvgIpc) is 2.66. The number of hydrogen-bond donors (Lipinski definition) is 2. The Bertz CT molecular complexity index is 805. The maximum Gasteiger partial charge on any atom is 0.339 e. The zero-order chi connectivity index (χ0) is 19.6. The minimum atomic E-state index is -0.505. The van der Waals surface area contributed by atoms with Gasteiger partial charge in [-0.05, 0) is 54.2 Å². The van der Waals surface area contributed by atoms with Crippen molar-refractivity contribution in [2.24, 2.45) is 0 Å². The first-order chi connectivity index (χ1) is 13.0. The van der Waals surface area contributed by atoms with Crippen LogP contribution in [0.15, 0.2) is 42.5 Å². The Morgan fingerprint density at radius 1 is 1.30 bits per heavy atom. The number of thiocarbonyl (C=S) groups is 1. The molecule has 8 heteroatoms. The van der Waals surface area contributed by atoms with Gasteiger partial charge in [0.1, 0.15) is 5.82 Å². The summed E-state index contributed by atoms with van der Waals surface area (Å²) >= 11 is 12.9. The van der Waals surface area contributed by atoms with Crippen LogP contribution in [0.25, 0.3) is 0 Å². The van der Waals surface area contributed by atoms with Gasteiger partial charge in [0.25, 0.3) is 0 Å². The molecule has 2 aromatic carbocycles. The van der Waals surface area contributed by atoms with Crippen molar-refractivity contribution < 1.29 is 13.9 Å². The van der Waals surface area contributed by atoms with E-state index in [0.717, 1.165) is 17.7 Å². The Labute approximate surface area is 172 Å². The molecule has 2 N–H and O–H groups in total. The van der Waals surface area contributed by atoms with Gasteiger partial charge in [-0.15, -0.1) is 0 Å². The second-order valence-corrected chi connectivity index (χ2v) is 7.49. The predicted octanol–water partition coefficient (Wildman–Crippen LogP) is 4.88. The van der Waals surface area contributed by atoms with Crippen LogP contribution in [0.2, 0.25) is 5.02 Å². The molecule has 0 fully saturated rings. The highest BCUT2D eigenvalue weighted by Crippen LogP contribution is 2.21. The summed E-state index contributed by atoms with van der Waals surface area (Å²) < 4.78 is 18.2. The van der Waals surface area contributed by atoms with E-state index in [1.54, 1.807) is 42.1 Å². The molecule has 0 spiro atoms. The highest BCUT2D eigenvalue weighted by Gasteiger charge is 2.11. The van der Waals surface area contributed by atoms with Gasteiger partial charge < -0.3 is 15.4 Å². The number of thioether (sulfide) groups is 1.